The predicted molar refractivity (Wildman–Crippen MR) is 98.6 cm³/mol. The lowest BCUT2D eigenvalue weighted by Crippen LogP contribution is -2.14. The molecule has 2 heterocycles. The first-order valence-corrected chi connectivity index (χ1v) is 8.69. The Balaban J connectivity index is 1.71. The minimum absolute atomic E-state index is 0.0769. The van der Waals surface area contributed by atoms with Crippen LogP contribution >= 0.6 is 11.3 Å². The first kappa shape index (κ1) is 16.9. The molecule has 27 heavy (non-hydrogen) atoms. The second-order valence-electron chi connectivity index (χ2n) is 5.58. The summed E-state index contributed by atoms with van der Waals surface area (Å²) in [6.45, 7) is 0. The summed E-state index contributed by atoms with van der Waals surface area (Å²) in [5, 5.41) is 13.6. The number of anilines is 1. The van der Waals surface area contributed by atoms with E-state index in [4.69, 9.17) is 4.42 Å². The van der Waals surface area contributed by atoms with Crippen LogP contribution in [0.2, 0.25) is 0 Å². The maximum absolute atomic E-state index is 14.1. The van der Waals surface area contributed by atoms with Crippen molar-refractivity contribution in [2.24, 2.45) is 0 Å². The first-order chi connectivity index (χ1) is 13.0. The number of carbonyl (C=O) groups excluding carboxylic acids is 1. The summed E-state index contributed by atoms with van der Waals surface area (Å²) in [6.07, 6.45) is 0. The molecule has 0 radical (unpaired) electrons. The number of nitrogens with zero attached hydrogens (tertiary/aromatic N) is 1. The van der Waals surface area contributed by atoms with Crippen molar-refractivity contribution in [2.75, 3.05) is 5.32 Å². The van der Waals surface area contributed by atoms with Crippen LogP contribution in [0, 0.1) is 5.82 Å². The topological polar surface area (TPSA) is 92.4 Å². The summed E-state index contributed by atoms with van der Waals surface area (Å²) in [5.41, 5.74) is 1.11. The number of benzene rings is 2. The molecule has 0 aliphatic rings. The van der Waals surface area contributed by atoms with Gasteiger partial charge in [-0.3, -0.25) is 4.79 Å². The molecule has 0 saturated heterocycles. The molecule has 2 aromatic heterocycles. The lowest BCUT2D eigenvalue weighted by molar-refractivity contribution is 0.0699. The number of fused-ring (bicyclic) bond motifs is 1. The summed E-state index contributed by atoms with van der Waals surface area (Å²) in [7, 11) is 0. The molecular formula is C19H11FN2O4S. The van der Waals surface area contributed by atoms with Crippen LogP contribution in [0.4, 0.5) is 9.39 Å². The molecule has 0 atom stereocenters. The second kappa shape index (κ2) is 6.65. The number of para-hydroxylation sites is 2. The van der Waals surface area contributed by atoms with Gasteiger partial charge in [-0.05, 0) is 18.2 Å². The van der Waals surface area contributed by atoms with Crippen molar-refractivity contribution < 1.29 is 23.5 Å². The van der Waals surface area contributed by atoms with Crippen molar-refractivity contribution in [1.82, 2.24) is 4.98 Å². The normalized spacial score (nSPS) is 10.9. The van der Waals surface area contributed by atoms with Gasteiger partial charge in [-0.25, -0.2) is 14.2 Å². The molecule has 8 heteroatoms. The number of halogens is 1. The Morgan fingerprint density at radius 1 is 1.07 bits per heavy atom. The van der Waals surface area contributed by atoms with Crippen LogP contribution in [-0.4, -0.2) is 22.0 Å². The van der Waals surface area contributed by atoms with E-state index in [9.17, 15) is 19.1 Å². The predicted octanol–water partition coefficient (Wildman–Crippen LogP) is 4.65. The molecule has 4 rings (SSSR count). The monoisotopic (exact) mass is 382 g/mol. The van der Waals surface area contributed by atoms with Gasteiger partial charge in [0.05, 0.1) is 0 Å². The molecule has 1 amide bonds. The number of carboxylic acids is 1. The third kappa shape index (κ3) is 3.06. The minimum atomic E-state index is -1.28. The number of rotatable bonds is 4. The molecule has 2 aromatic carbocycles. The highest BCUT2D eigenvalue weighted by Crippen LogP contribution is 2.37. The lowest BCUT2D eigenvalue weighted by Gasteiger charge is -2.05. The molecule has 0 saturated carbocycles. The van der Waals surface area contributed by atoms with Crippen LogP contribution in [0.25, 0.3) is 22.2 Å². The molecule has 2 N–H and O–H groups in total. The highest BCUT2D eigenvalue weighted by molar-refractivity contribution is 7.15. The molecule has 0 bridgehead atoms. The van der Waals surface area contributed by atoms with Gasteiger partial charge in [0.15, 0.2) is 5.58 Å². The molecule has 6 nitrogen and oxygen atoms in total. The molecule has 4 aromatic rings. The zero-order valence-electron chi connectivity index (χ0n) is 13.6. The van der Waals surface area contributed by atoms with Crippen molar-refractivity contribution in [1.29, 1.82) is 0 Å². The van der Waals surface area contributed by atoms with E-state index in [-0.39, 0.29) is 27.6 Å². The standard InChI is InChI=1S/C19H11FN2O4S/c20-12-6-2-1-5-10(12)11-9-27-18(15(11)19(24)25)22-16(23)17-21-13-7-3-4-8-14(13)26-17/h1-9H,(H,22,23)(H,24,25). The van der Waals surface area contributed by atoms with E-state index < -0.39 is 17.7 Å². The quantitative estimate of drug-likeness (QED) is 0.536. The Hall–Kier alpha value is -3.52. The molecule has 0 unspecified atom stereocenters. The van der Waals surface area contributed by atoms with Crippen LogP contribution < -0.4 is 5.32 Å². The highest BCUT2D eigenvalue weighted by Gasteiger charge is 2.24. The van der Waals surface area contributed by atoms with Gasteiger partial charge in [0, 0.05) is 16.5 Å². The van der Waals surface area contributed by atoms with Crippen molar-refractivity contribution in [3.05, 3.63) is 71.2 Å². The molecule has 0 aliphatic heterocycles. The highest BCUT2D eigenvalue weighted by atomic mass is 32.1. The fourth-order valence-electron chi connectivity index (χ4n) is 2.67. The van der Waals surface area contributed by atoms with Crippen molar-refractivity contribution in [3.63, 3.8) is 0 Å². The van der Waals surface area contributed by atoms with Crippen molar-refractivity contribution in [2.45, 2.75) is 0 Å². The Morgan fingerprint density at radius 2 is 1.81 bits per heavy atom. The summed E-state index contributed by atoms with van der Waals surface area (Å²) < 4.78 is 19.5. The van der Waals surface area contributed by atoms with Crippen LogP contribution in [0.15, 0.2) is 58.3 Å². The molecule has 0 aliphatic carbocycles. The fraction of sp³-hybridized carbons (Fsp3) is 0. The Morgan fingerprint density at radius 3 is 2.56 bits per heavy atom. The van der Waals surface area contributed by atoms with E-state index in [0.29, 0.717) is 11.1 Å². The molecular weight excluding hydrogens is 371 g/mol. The number of aromatic nitrogens is 1. The number of aromatic carboxylic acids is 1. The summed E-state index contributed by atoms with van der Waals surface area (Å²) in [4.78, 5) is 28.3. The third-order valence-corrected chi connectivity index (χ3v) is 4.78. The number of nitrogens with one attached hydrogen (secondary N) is 1. The van der Waals surface area contributed by atoms with E-state index in [1.807, 2.05) is 0 Å². The van der Waals surface area contributed by atoms with Crippen LogP contribution in [0.3, 0.4) is 0 Å². The van der Waals surface area contributed by atoms with Crippen molar-refractivity contribution in [3.8, 4) is 11.1 Å². The number of amides is 1. The average molecular weight is 382 g/mol. The third-order valence-electron chi connectivity index (χ3n) is 3.88. The number of carbonyl (C=O) groups is 2. The summed E-state index contributed by atoms with van der Waals surface area (Å²) >= 11 is 0.989. The molecule has 0 fully saturated rings. The smallest absolute Gasteiger partial charge is 0.339 e. The Bertz CT molecular complexity index is 1150. The maximum Gasteiger partial charge on any atom is 0.339 e. The first-order valence-electron chi connectivity index (χ1n) is 7.81. The zero-order valence-corrected chi connectivity index (χ0v) is 14.4. The number of hydrogen-bond acceptors (Lipinski definition) is 5. The minimum Gasteiger partial charge on any atom is -0.478 e. The van der Waals surface area contributed by atoms with Gasteiger partial charge in [0.1, 0.15) is 21.9 Å². The number of carboxylic acid groups (broad SMARTS) is 1. The zero-order chi connectivity index (χ0) is 19.0. The summed E-state index contributed by atoms with van der Waals surface area (Å²) in [5.74, 6) is -2.69. The number of oxazole rings is 1. The van der Waals surface area contributed by atoms with Crippen LogP contribution in [0.5, 0.6) is 0 Å². The van der Waals surface area contributed by atoms with Gasteiger partial charge in [-0.1, -0.05) is 30.3 Å². The number of thiophene rings is 1. The summed E-state index contributed by atoms with van der Waals surface area (Å²) in [6, 6.07) is 12.7. The van der Waals surface area contributed by atoms with Gasteiger partial charge in [-0.15, -0.1) is 11.3 Å². The van der Waals surface area contributed by atoms with Gasteiger partial charge in [-0.2, -0.15) is 0 Å². The average Bonchev–Trinajstić information content (AvgIpc) is 3.26. The van der Waals surface area contributed by atoms with Gasteiger partial charge < -0.3 is 14.8 Å². The molecule has 134 valence electrons. The van der Waals surface area contributed by atoms with E-state index in [2.05, 4.69) is 10.3 Å². The Labute approximate surface area is 155 Å². The van der Waals surface area contributed by atoms with Crippen molar-refractivity contribution >= 4 is 39.3 Å². The number of hydrogen-bond donors (Lipinski definition) is 2. The van der Waals surface area contributed by atoms with E-state index >= 15 is 0 Å². The Kier molecular flexibility index (Phi) is 4.17. The van der Waals surface area contributed by atoms with Crippen LogP contribution in [0.1, 0.15) is 21.0 Å². The van der Waals surface area contributed by atoms with E-state index in [1.54, 1.807) is 30.3 Å². The van der Waals surface area contributed by atoms with E-state index in [0.717, 1.165) is 11.3 Å². The fourth-order valence-corrected chi connectivity index (χ4v) is 3.61. The van der Waals surface area contributed by atoms with Crippen LogP contribution in [-0.2, 0) is 0 Å². The van der Waals surface area contributed by atoms with E-state index in [1.165, 1.54) is 23.6 Å². The van der Waals surface area contributed by atoms with Gasteiger partial charge in [0.25, 0.3) is 5.89 Å². The lowest BCUT2D eigenvalue weighted by atomic mass is 10.0. The van der Waals surface area contributed by atoms with Gasteiger partial charge >= 0.3 is 11.9 Å². The largest absolute Gasteiger partial charge is 0.478 e. The maximum atomic E-state index is 14.1. The van der Waals surface area contributed by atoms with Gasteiger partial charge in [0.2, 0.25) is 0 Å². The molecule has 0 spiro atoms. The second-order valence-corrected chi connectivity index (χ2v) is 6.46. The SMILES string of the molecule is O=C(Nc1scc(-c2ccccc2F)c1C(=O)O)c1nc2ccccc2o1.